The number of rotatable bonds is 2. The Kier molecular flexibility index (Phi) is 3.01. The second-order valence-corrected chi connectivity index (χ2v) is 5.57. The van der Waals surface area contributed by atoms with Crippen molar-refractivity contribution in [1.82, 2.24) is 0 Å². The summed E-state index contributed by atoms with van der Waals surface area (Å²) in [6, 6.07) is 29.9. The quantitative estimate of drug-likeness (QED) is 0.392. The first-order valence-electron chi connectivity index (χ1n) is 7.49. The molecule has 104 valence electrons. The van der Waals surface area contributed by atoms with E-state index in [0.717, 1.165) is 5.57 Å². The second kappa shape index (κ2) is 5.16. The molecule has 0 radical (unpaired) electrons. The van der Waals surface area contributed by atoms with Crippen molar-refractivity contribution in [3.8, 4) is 0 Å². The maximum absolute atomic E-state index is 4.26. The minimum atomic E-state index is 1.07. The Morgan fingerprint density at radius 3 is 2.09 bits per heavy atom. The van der Waals surface area contributed by atoms with Crippen LogP contribution in [0.25, 0.3) is 27.1 Å². The van der Waals surface area contributed by atoms with Crippen LogP contribution >= 0.6 is 0 Å². The van der Waals surface area contributed by atoms with Crippen LogP contribution in [0.3, 0.4) is 0 Å². The van der Waals surface area contributed by atoms with Crippen LogP contribution < -0.4 is 0 Å². The van der Waals surface area contributed by atoms with Crippen molar-refractivity contribution in [2.24, 2.45) is 0 Å². The first-order valence-corrected chi connectivity index (χ1v) is 7.49. The fourth-order valence-corrected chi connectivity index (χ4v) is 3.01. The van der Waals surface area contributed by atoms with Gasteiger partial charge in [0, 0.05) is 0 Å². The summed E-state index contributed by atoms with van der Waals surface area (Å²) in [7, 11) is 0. The zero-order valence-electron chi connectivity index (χ0n) is 12.3. The zero-order chi connectivity index (χ0) is 14.9. The van der Waals surface area contributed by atoms with Crippen molar-refractivity contribution in [3.63, 3.8) is 0 Å². The molecule has 22 heavy (non-hydrogen) atoms. The summed E-state index contributed by atoms with van der Waals surface area (Å²) in [5.41, 5.74) is 3.41. The summed E-state index contributed by atoms with van der Waals surface area (Å²) in [6.45, 7) is 4.26. The van der Waals surface area contributed by atoms with E-state index in [9.17, 15) is 0 Å². The van der Waals surface area contributed by atoms with Gasteiger partial charge in [0.15, 0.2) is 0 Å². The zero-order valence-corrected chi connectivity index (χ0v) is 12.3. The van der Waals surface area contributed by atoms with Gasteiger partial charge in [-0.1, -0.05) is 85.4 Å². The molecule has 4 aromatic rings. The summed E-state index contributed by atoms with van der Waals surface area (Å²) in [6.07, 6.45) is 0. The molecule has 0 amide bonds. The van der Waals surface area contributed by atoms with Crippen LogP contribution in [0.1, 0.15) is 11.1 Å². The molecule has 0 saturated heterocycles. The largest absolute Gasteiger partial charge is 0.0906 e. The van der Waals surface area contributed by atoms with Crippen molar-refractivity contribution in [2.45, 2.75) is 0 Å². The normalized spacial score (nSPS) is 10.9. The predicted octanol–water partition coefficient (Wildman–Crippen LogP) is 6.05. The third-order valence-electron chi connectivity index (χ3n) is 4.22. The van der Waals surface area contributed by atoms with E-state index in [0.29, 0.717) is 0 Å². The number of hydrogen-bond acceptors (Lipinski definition) is 0. The van der Waals surface area contributed by atoms with Crippen LogP contribution in [0.5, 0.6) is 0 Å². The van der Waals surface area contributed by atoms with Crippen LogP contribution in [0.2, 0.25) is 0 Å². The average Bonchev–Trinajstić information content (AvgIpc) is 2.61. The van der Waals surface area contributed by atoms with E-state index in [-0.39, 0.29) is 0 Å². The second-order valence-electron chi connectivity index (χ2n) is 5.57. The lowest BCUT2D eigenvalue weighted by Gasteiger charge is -2.09. The Labute approximate surface area is 130 Å². The fourth-order valence-electron chi connectivity index (χ4n) is 3.01. The van der Waals surface area contributed by atoms with E-state index in [2.05, 4.69) is 85.4 Å². The summed E-state index contributed by atoms with van der Waals surface area (Å²) in [4.78, 5) is 0. The number of hydrogen-bond donors (Lipinski definition) is 0. The molecule has 0 aromatic heterocycles. The third-order valence-corrected chi connectivity index (χ3v) is 4.22. The summed E-state index contributed by atoms with van der Waals surface area (Å²) in [5.74, 6) is 0. The Bertz CT molecular complexity index is 978. The highest BCUT2D eigenvalue weighted by Crippen LogP contribution is 2.29. The molecule has 4 rings (SSSR count). The van der Waals surface area contributed by atoms with Crippen LogP contribution in [-0.4, -0.2) is 0 Å². The van der Waals surface area contributed by atoms with Gasteiger partial charge in [-0.25, -0.2) is 0 Å². The van der Waals surface area contributed by atoms with Crippen molar-refractivity contribution in [1.29, 1.82) is 0 Å². The lowest BCUT2D eigenvalue weighted by molar-refractivity contribution is 1.58. The molecule has 0 aliphatic heterocycles. The standard InChI is InChI=1S/C22H16/c1-16(17-7-3-2-4-8-17)19-13-14-22-20(15-19)12-11-18-9-5-6-10-21(18)22/h2-15H,1H2. The third kappa shape index (κ3) is 2.10. The van der Waals surface area contributed by atoms with Crippen LogP contribution in [0, 0.1) is 0 Å². The molecule has 0 saturated carbocycles. The predicted molar refractivity (Wildman–Crippen MR) is 96.0 cm³/mol. The molecular formula is C22H16. The van der Waals surface area contributed by atoms with E-state index >= 15 is 0 Å². The van der Waals surface area contributed by atoms with Gasteiger partial charge in [-0.15, -0.1) is 0 Å². The molecule has 0 spiro atoms. The summed E-state index contributed by atoms with van der Waals surface area (Å²) in [5, 5.41) is 5.14. The highest BCUT2D eigenvalue weighted by Gasteiger charge is 2.05. The van der Waals surface area contributed by atoms with Crippen molar-refractivity contribution < 1.29 is 0 Å². The Hall–Kier alpha value is -2.86. The molecular weight excluding hydrogens is 264 g/mol. The monoisotopic (exact) mass is 280 g/mol. The van der Waals surface area contributed by atoms with Gasteiger partial charge >= 0.3 is 0 Å². The molecule has 0 atom stereocenters. The first kappa shape index (κ1) is 12.8. The first-order chi connectivity index (χ1) is 10.8. The van der Waals surface area contributed by atoms with Gasteiger partial charge in [0.2, 0.25) is 0 Å². The SMILES string of the molecule is C=C(c1ccccc1)c1ccc2c(ccc3ccccc32)c1. The van der Waals surface area contributed by atoms with Gasteiger partial charge in [0.1, 0.15) is 0 Å². The van der Waals surface area contributed by atoms with Gasteiger partial charge in [-0.2, -0.15) is 0 Å². The molecule has 0 fully saturated rings. The number of benzene rings is 4. The average molecular weight is 280 g/mol. The van der Waals surface area contributed by atoms with Crippen molar-refractivity contribution in [2.75, 3.05) is 0 Å². The maximum atomic E-state index is 4.26. The highest BCUT2D eigenvalue weighted by molar-refractivity contribution is 6.08. The fraction of sp³-hybridized carbons (Fsp3) is 0. The van der Waals surface area contributed by atoms with Crippen molar-refractivity contribution >= 4 is 27.1 Å². The Morgan fingerprint density at radius 2 is 1.23 bits per heavy atom. The summed E-state index contributed by atoms with van der Waals surface area (Å²) < 4.78 is 0. The Balaban J connectivity index is 1.88. The van der Waals surface area contributed by atoms with E-state index in [1.54, 1.807) is 0 Å². The highest BCUT2D eigenvalue weighted by atomic mass is 14.1. The minimum Gasteiger partial charge on any atom is -0.0906 e. The number of fused-ring (bicyclic) bond motifs is 3. The smallest absolute Gasteiger partial charge is 0.0105 e. The van der Waals surface area contributed by atoms with Gasteiger partial charge in [-0.3, -0.25) is 0 Å². The van der Waals surface area contributed by atoms with E-state index in [1.165, 1.54) is 32.7 Å². The molecule has 0 bridgehead atoms. The van der Waals surface area contributed by atoms with Gasteiger partial charge in [0.05, 0.1) is 0 Å². The molecule has 0 heteroatoms. The molecule has 4 aromatic carbocycles. The van der Waals surface area contributed by atoms with Gasteiger partial charge < -0.3 is 0 Å². The maximum Gasteiger partial charge on any atom is -0.0105 e. The van der Waals surface area contributed by atoms with Crippen molar-refractivity contribution in [3.05, 3.63) is 103 Å². The van der Waals surface area contributed by atoms with E-state index < -0.39 is 0 Å². The van der Waals surface area contributed by atoms with Gasteiger partial charge in [0.25, 0.3) is 0 Å². The van der Waals surface area contributed by atoms with Crippen LogP contribution in [0.15, 0.2) is 91.5 Å². The van der Waals surface area contributed by atoms with E-state index in [4.69, 9.17) is 0 Å². The topological polar surface area (TPSA) is 0 Å². The van der Waals surface area contributed by atoms with E-state index in [1.807, 2.05) is 6.07 Å². The lowest BCUT2D eigenvalue weighted by atomic mass is 9.95. The van der Waals surface area contributed by atoms with Crippen LogP contribution in [-0.2, 0) is 0 Å². The van der Waals surface area contributed by atoms with Gasteiger partial charge in [-0.05, 0) is 44.3 Å². The minimum absolute atomic E-state index is 1.07. The van der Waals surface area contributed by atoms with Crippen LogP contribution in [0.4, 0.5) is 0 Å². The Morgan fingerprint density at radius 1 is 0.545 bits per heavy atom. The molecule has 0 heterocycles. The molecule has 0 nitrogen and oxygen atoms in total. The molecule has 0 N–H and O–H groups in total. The summed E-state index contributed by atoms with van der Waals surface area (Å²) >= 11 is 0. The molecule has 0 unspecified atom stereocenters. The lowest BCUT2D eigenvalue weighted by Crippen LogP contribution is -1.86. The molecule has 0 aliphatic rings. The molecule has 0 aliphatic carbocycles.